The van der Waals surface area contributed by atoms with Gasteiger partial charge in [0, 0.05) is 12.1 Å². The molecule has 1 aliphatic heterocycles. The number of likely N-dealkylation sites (tertiary alicyclic amines) is 1. The van der Waals surface area contributed by atoms with E-state index in [1.807, 2.05) is 49.4 Å². The number of aryl methyl sites for hydroxylation is 1. The van der Waals surface area contributed by atoms with Crippen LogP contribution in [0.4, 0.5) is 0 Å². The van der Waals surface area contributed by atoms with E-state index < -0.39 is 5.91 Å². The number of carbonyl (C=O) groups is 2. The highest BCUT2D eigenvalue weighted by molar-refractivity contribution is 6.28. The Bertz CT molecular complexity index is 793. The van der Waals surface area contributed by atoms with Crippen molar-refractivity contribution in [2.75, 3.05) is 6.54 Å². The van der Waals surface area contributed by atoms with Gasteiger partial charge in [0.2, 0.25) is 0 Å². The fourth-order valence-electron chi connectivity index (χ4n) is 2.74. The van der Waals surface area contributed by atoms with Crippen LogP contribution in [0.1, 0.15) is 16.7 Å². The van der Waals surface area contributed by atoms with Crippen molar-refractivity contribution in [2.45, 2.75) is 13.5 Å². The zero-order valence-electron chi connectivity index (χ0n) is 12.8. The summed E-state index contributed by atoms with van der Waals surface area (Å²) in [7, 11) is 0. The third kappa shape index (κ3) is 2.88. The third-order valence-electron chi connectivity index (χ3n) is 3.97. The number of nitrogens with zero attached hydrogens (tertiary/aromatic N) is 1. The van der Waals surface area contributed by atoms with Crippen LogP contribution in [0.3, 0.4) is 0 Å². The highest BCUT2D eigenvalue weighted by Crippen LogP contribution is 2.26. The van der Waals surface area contributed by atoms with Gasteiger partial charge in [-0.25, -0.2) is 0 Å². The summed E-state index contributed by atoms with van der Waals surface area (Å²) >= 11 is 0. The fraction of sp³-hybridized carbons (Fsp3) is 0.158. The van der Waals surface area contributed by atoms with Gasteiger partial charge in [-0.1, -0.05) is 54.6 Å². The molecule has 0 unspecified atom stereocenters. The number of aliphatic hydroxyl groups is 1. The number of rotatable bonds is 3. The van der Waals surface area contributed by atoms with E-state index in [9.17, 15) is 14.7 Å². The largest absolute Gasteiger partial charge is 0.506 e. The van der Waals surface area contributed by atoms with E-state index >= 15 is 0 Å². The molecule has 1 heterocycles. The van der Waals surface area contributed by atoms with Gasteiger partial charge in [-0.05, 0) is 18.1 Å². The predicted molar refractivity (Wildman–Crippen MR) is 87.6 cm³/mol. The molecule has 1 aliphatic rings. The normalized spacial score (nSPS) is 16.8. The molecule has 1 fully saturated rings. The first-order valence-electron chi connectivity index (χ1n) is 7.43. The van der Waals surface area contributed by atoms with Crippen LogP contribution >= 0.6 is 0 Å². The Kier molecular flexibility index (Phi) is 3.98. The molecule has 1 N–H and O–H groups in total. The predicted octanol–water partition coefficient (Wildman–Crippen LogP) is 2.88. The summed E-state index contributed by atoms with van der Waals surface area (Å²) in [4.78, 5) is 26.2. The molecule has 0 aromatic heterocycles. The molecule has 4 heteroatoms. The Balaban J connectivity index is 1.92. The molecule has 1 saturated heterocycles. The lowest BCUT2D eigenvalue weighted by atomic mass is 10.0. The smallest absolute Gasteiger partial charge is 0.262 e. The van der Waals surface area contributed by atoms with Crippen molar-refractivity contribution in [3.05, 3.63) is 76.9 Å². The van der Waals surface area contributed by atoms with Crippen LogP contribution in [-0.2, 0) is 16.1 Å². The van der Waals surface area contributed by atoms with Crippen LogP contribution in [0, 0.1) is 6.92 Å². The molecule has 2 aromatic rings. The number of amides is 1. The number of carbonyl (C=O) groups excluding carboxylic acids is 2. The van der Waals surface area contributed by atoms with Crippen LogP contribution in [0.2, 0.25) is 0 Å². The first-order valence-corrected chi connectivity index (χ1v) is 7.43. The molecular formula is C19H17NO3. The fourth-order valence-corrected chi connectivity index (χ4v) is 2.74. The SMILES string of the molecule is Cc1ccccc1/C(O)=C1\C(=O)CN(Cc2ccccc2)C1=O. The number of hydrogen-bond acceptors (Lipinski definition) is 3. The highest BCUT2D eigenvalue weighted by atomic mass is 16.3. The average Bonchev–Trinajstić information content (AvgIpc) is 2.82. The molecule has 0 bridgehead atoms. The van der Waals surface area contributed by atoms with Crippen molar-refractivity contribution >= 4 is 17.4 Å². The lowest BCUT2D eigenvalue weighted by Gasteiger charge is -2.14. The number of benzene rings is 2. The zero-order valence-corrected chi connectivity index (χ0v) is 12.8. The molecular weight excluding hydrogens is 290 g/mol. The summed E-state index contributed by atoms with van der Waals surface area (Å²) in [5.74, 6) is -0.986. The van der Waals surface area contributed by atoms with Gasteiger partial charge < -0.3 is 10.0 Å². The van der Waals surface area contributed by atoms with Gasteiger partial charge in [-0.3, -0.25) is 9.59 Å². The Morgan fingerprint density at radius 3 is 2.39 bits per heavy atom. The van der Waals surface area contributed by atoms with Crippen LogP contribution in [0.15, 0.2) is 60.2 Å². The average molecular weight is 307 g/mol. The number of Topliss-reactive ketones (excluding diaryl/α,β-unsaturated/α-hetero) is 1. The van der Waals surface area contributed by atoms with E-state index in [0.29, 0.717) is 12.1 Å². The van der Waals surface area contributed by atoms with Crippen molar-refractivity contribution < 1.29 is 14.7 Å². The van der Waals surface area contributed by atoms with Gasteiger partial charge >= 0.3 is 0 Å². The first-order chi connectivity index (χ1) is 11.1. The molecule has 1 amide bonds. The minimum Gasteiger partial charge on any atom is -0.506 e. The summed E-state index contributed by atoms with van der Waals surface area (Å²) in [5, 5.41) is 10.4. The van der Waals surface area contributed by atoms with Gasteiger partial charge in [0.05, 0.1) is 6.54 Å². The molecule has 3 rings (SSSR count). The first kappa shape index (κ1) is 15.0. The van der Waals surface area contributed by atoms with E-state index in [0.717, 1.165) is 11.1 Å². The van der Waals surface area contributed by atoms with E-state index in [1.54, 1.807) is 12.1 Å². The minimum absolute atomic E-state index is 0.000990. The van der Waals surface area contributed by atoms with Crippen molar-refractivity contribution in [1.29, 1.82) is 0 Å². The van der Waals surface area contributed by atoms with E-state index in [2.05, 4.69) is 0 Å². The van der Waals surface area contributed by atoms with E-state index in [1.165, 1.54) is 4.90 Å². The molecule has 0 radical (unpaired) electrons. The maximum Gasteiger partial charge on any atom is 0.262 e. The monoisotopic (exact) mass is 307 g/mol. The van der Waals surface area contributed by atoms with Crippen LogP contribution in [-0.4, -0.2) is 28.2 Å². The van der Waals surface area contributed by atoms with Crippen molar-refractivity contribution in [3.8, 4) is 0 Å². The summed E-state index contributed by atoms with van der Waals surface area (Å²) in [5.41, 5.74) is 2.17. The molecule has 0 spiro atoms. The zero-order chi connectivity index (χ0) is 16.4. The minimum atomic E-state index is -0.417. The second-order valence-corrected chi connectivity index (χ2v) is 5.61. The summed E-state index contributed by atoms with van der Waals surface area (Å²) in [6.07, 6.45) is 0. The highest BCUT2D eigenvalue weighted by Gasteiger charge is 2.36. The second-order valence-electron chi connectivity index (χ2n) is 5.61. The molecule has 0 saturated carbocycles. The lowest BCUT2D eigenvalue weighted by molar-refractivity contribution is -0.125. The molecule has 4 nitrogen and oxygen atoms in total. The van der Waals surface area contributed by atoms with Crippen molar-refractivity contribution in [3.63, 3.8) is 0 Å². The quantitative estimate of drug-likeness (QED) is 0.539. The van der Waals surface area contributed by atoms with Gasteiger partial charge in [-0.15, -0.1) is 0 Å². The second kappa shape index (κ2) is 6.08. The summed E-state index contributed by atoms with van der Waals surface area (Å²) in [6.45, 7) is 2.19. The van der Waals surface area contributed by atoms with Gasteiger partial charge in [0.15, 0.2) is 5.78 Å². The van der Waals surface area contributed by atoms with Crippen LogP contribution < -0.4 is 0 Å². The van der Waals surface area contributed by atoms with Gasteiger partial charge in [0.25, 0.3) is 5.91 Å². The summed E-state index contributed by atoms with van der Waals surface area (Å²) < 4.78 is 0. The Morgan fingerprint density at radius 1 is 1.04 bits per heavy atom. The molecule has 23 heavy (non-hydrogen) atoms. The van der Waals surface area contributed by atoms with Crippen molar-refractivity contribution in [2.24, 2.45) is 0 Å². The van der Waals surface area contributed by atoms with E-state index in [4.69, 9.17) is 0 Å². The molecule has 116 valence electrons. The Hall–Kier alpha value is -2.88. The summed E-state index contributed by atoms with van der Waals surface area (Å²) in [6, 6.07) is 16.6. The van der Waals surface area contributed by atoms with Crippen LogP contribution in [0.5, 0.6) is 0 Å². The van der Waals surface area contributed by atoms with Crippen LogP contribution in [0.25, 0.3) is 5.76 Å². The maximum absolute atomic E-state index is 12.5. The Morgan fingerprint density at radius 2 is 1.70 bits per heavy atom. The standard InChI is InChI=1S/C19H17NO3/c1-13-7-5-6-10-15(13)18(22)17-16(21)12-20(19(17)23)11-14-8-3-2-4-9-14/h2-10,22H,11-12H2,1H3/b18-17-. The molecule has 0 atom stereocenters. The van der Waals surface area contributed by atoms with E-state index in [-0.39, 0.29) is 23.7 Å². The van der Waals surface area contributed by atoms with Crippen molar-refractivity contribution in [1.82, 2.24) is 4.90 Å². The lowest BCUT2D eigenvalue weighted by Crippen LogP contribution is -2.25. The maximum atomic E-state index is 12.5. The molecule has 0 aliphatic carbocycles. The number of ketones is 1. The number of hydrogen-bond donors (Lipinski definition) is 1. The van der Waals surface area contributed by atoms with Gasteiger partial charge in [0.1, 0.15) is 11.3 Å². The topological polar surface area (TPSA) is 57.6 Å². The van der Waals surface area contributed by atoms with Gasteiger partial charge in [-0.2, -0.15) is 0 Å². The molecule has 2 aromatic carbocycles. The third-order valence-corrected chi connectivity index (χ3v) is 3.97. The number of aliphatic hydroxyl groups excluding tert-OH is 1. The Labute approximate surface area is 134 Å².